The Labute approximate surface area is 139 Å². The first-order chi connectivity index (χ1) is 10.1. The highest BCUT2D eigenvalue weighted by molar-refractivity contribution is 9.10. The summed E-state index contributed by atoms with van der Waals surface area (Å²) in [5.74, 6) is 1.45. The first-order valence-electron chi connectivity index (χ1n) is 7.06. The minimum absolute atomic E-state index is 0.300. The average Bonchev–Trinajstić information content (AvgIpc) is 2.48. The second-order valence-corrected chi connectivity index (χ2v) is 6.25. The van der Waals surface area contributed by atoms with Gasteiger partial charge in [0.2, 0.25) is 0 Å². The maximum absolute atomic E-state index is 6.18. The summed E-state index contributed by atoms with van der Waals surface area (Å²) in [6.45, 7) is 5.32. The summed E-state index contributed by atoms with van der Waals surface area (Å²) in [5, 5.41) is 4.06. The highest BCUT2D eigenvalue weighted by atomic mass is 79.9. The molecule has 2 aromatic rings. The summed E-state index contributed by atoms with van der Waals surface area (Å²) < 4.78 is 6.81. The number of hydrogen-bond donors (Lipinski definition) is 1. The molecular weight excluding hydrogens is 350 g/mol. The van der Waals surface area contributed by atoms with Crippen molar-refractivity contribution < 1.29 is 4.74 Å². The molecule has 21 heavy (non-hydrogen) atoms. The highest BCUT2D eigenvalue weighted by Gasteiger charge is 2.07. The van der Waals surface area contributed by atoms with Crippen LogP contribution < -0.4 is 10.1 Å². The van der Waals surface area contributed by atoms with Crippen molar-refractivity contribution in [3.05, 3.63) is 57.5 Å². The third-order valence-corrected chi connectivity index (χ3v) is 3.97. The van der Waals surface area contributed by atoms with Crippen LogP contribution in [0.3, 0.4) is 0 Å². The van der Waals surface area contributed by atoms with E-state index in [2.05, 4.69) is 41.2 Å². The van der Waals surface area contributed by atoms with Crippen LogP contribution in [0.15, 0.2) is 46.9 Å². The zero-order valence-electron chi connectivity index (χ0n) is 12.2. The fourth-order valence-electron chi connectivity index (χ4n) is 2.01. The Kier molecular flexibility index (Phi) is 6.09. The van der Waals surface area contributed by atoms with E-state index >= 15 is 0 Å². The van der Waals surface area contributed by atoms with Gasteiger partial charge < -0.3 is 10.1 Å². The zero-order valence-corrected chi connectivity index (χ0v) is 14.5. The lowest BCUT2D eigenvalue weighted by molar-refractivity contribution is 0.479. The van der Waals surface area contributed by atoms with E-state index in [0.717, 1.165) is 23.2 Å². The van der Waals surface area contributed by atoms with Crippen LogP contribution in [-0.4, -0.2) is 6.54 Å². The number of hydrogen-bond acceptors (Lipinski definition) is 2. The molecule has 2 aromatic carbocycles. The maximum Gasteiger partial charge on any atom is 0.146 e. The third-order valence-electron chi connectivity index (χ3n) is 3.18. The predicted molar refractivity (Wildman–Crippen MR) is 92.4 cm³/mol. The van der Waals surface area contributed by atoms with Crippen molar-refractivity contribution >= 4 is 27.5 Å². The minimum Gasteiger partial charge on any atom is -0.456 e. The van der Waals surface area contributed by atoms with Crippen molar-refractivity contribution in [3.63, 3.8) is 0 Å². The van der Waals surface area contributed by atoms with Crippen molar-refractivity contribution in [1.29, 1.82) is 0 Å². The monoisotopic (exact) mass is 367 g/mol. The van der Waals surface area contributed by atoms with E-state index in [4.69, 9.17) is 16.3 Å². The van der Waals surface area contributed by atoms with E-state index in [0.29, 0.717) is 16.8 Å². The van der Waals surface area contributed by atoms with Crippen LogP contribution in [0.4, 0.5) is 0 Å². The smallest absolute Gasteiger partial charge is 0.146 e. The molecule has 0 bridgehead atoms. The predicted octanol–water partition coefficient (Wildman–Crippen LogP) is 5.96. The van der Waals surface area contributed by atoms with Gasteiger partial charge in [-0.3, -0.25) is 0 Å². The second-order valence-electron chi connectivity index (χ2n) is 4.93. The Balaban J connectivity index is 2.13. The Morgan fingerprint density at radius 3 is 2.76 bits per heavy atom. The van der Waals surface area contributed by atoms with Gasteiger partial charge in [0.05, 0.1) is 5.02 Å². The fourth-order valence-corrected chi connectivity index (χ4v) is 2.72. The van der Waals surface area contributed by atoms with Gasteiger partial charge in [0.1, 0.15) is 11.5 Å². The number of ether oxygens (including phenoxy) is 1. The Morgan fingerprint density at radius 2 is 2.05 bits per heavy atom. The van der Waals surface area contributed by atoms with E-state index in [1.54, 1.807) is 0 Å². The molecule has 112 valence electrons. The third kappa shape index (κ3) is 4.73. The van der Waals surface area contributed by atoms with E-state index in [-0.39, 0.29) is 0 Å². The first kappa shape index (κ1) is 16.3. The van der Waals surface area contributed by atoms with E-state index in [1.165, 1.54) is 5.56 Å². The first-order valence-corrected chi connectivity index (χ1v) is 8.23. The van der Waals surface area contributed by atoms with Gasteiger partial charge in [-0.25, -0.2) is 0 Å². The van der Waals surface area contributed by atoms with Crippen LogP contribution in [0, 0.1) is 0 Å². The SMILES string of the molecule is CCCNC(C)c1cccc(Oc2ccc(Br)cc2Cl)c1. The topological polar surface area (TPSA) is 21.3 Å². The average molecular weight is 369 g/mol. The van der Waals surface area contributed by atoms with Gasteiger partial charge in [-0.15, -0.1) is 0 Å². The van der Waals surface area contributed by atoms with E-state index in [1.807, 2.05) is 36.4 Å². The summed E-state index contributed by atoms with van der Waals surface area (Å²) >= 11 is 9.57. The molecule has 0 heterocycles. The number of rotatable bonds is 6. The summed E-state index contributed by atoms with van der Waals surface area (Å²) in [6, 6.07) is 14.0. The van der Waals surface area contributed by atoms with Crippen LogP contribution >= 0.6 is 27.5 Å². The molecule has 0 aliphatic heterocycles. The van der Waals surface area contributed by atoms with Gasteiger partial charge in [0.25, 0.3) is 0 Å². The molecule has 0 aromatic heterocycles. The molecule has 4 heteroatoms. The maximum atomic E-state index is 6.18. The van der Waals surface area contributed by atoms with Gasteiger partial charge >= 0.3 is 0 Å². The molecule has 0 saturated carbocycles. The van der Waals surface area contributed by atoms with E-state index < -0.39 is 0 Å². The summed E-state index contributed by atoms with van der Waals surface area (Å²) in [6.07, 6.45) is 1.12. The summed E-state index contributed by atoms with van der Waals surface area (Å²) in [4.78, 5) is 0. The molecule has 0 saturated heterocycles. The largest absolute Gasteiger partial charge is 0.456 e. The molecular formula is C17H19BrClNO. The van der Waals surface area contributed by atoms with Gasteiger partial charge in [-0.1, -0.05) is 46.6 Å². The molecule has 0 fully saturated rings. The Morgan fingerprint density at radius 1 is 1.24 bits per heavy atom. The van der Waals surface area contributed by atoms with Crippen LogP contribution in [0.1, 0.15) is 31.9 Å². The number of nitrogens with one attached hydrogen (secondary N) is 1. The van der Waals surface area contributed by atoms with Crippen LogP contribution in [-0.2, 0) is 0 Å². The molecule has 1 unspecified atom stereocenters. The molecule has 0 radical (unpaired) electrons. The normalized spacial score (nSPS) is 12.2. The minimum atomic E-state index is 0.300. The summed E-state index contributed by atoms with van der Waals surface area (Å²) in [5.41, 5.74) is 1.20. The lowest BCUT2D eigenvalue weighted by Gasteiger charge is -2.15. The van der Waals surface area contributed by atoms with E-state index in [9.17, 15) is 0 Å². The van der Waals surface area contributed by atoms with Crippen molar-refractivity contribution in [2.75, 3.05) is 6.54 Å². The molecule has 1 N–H and O–H groups in total. The molecule has 0 amide bonds. The van der Waals surface area contributed by atoms with Crippen LogP contribution in [0.5, 0.6) is 11.5 Å². The van der Waals surface area contributed by atoms with Crippen molar-refractivity contribution in [2.24, 2.45) is 0 Å². The van der Waals surface area contributed by atoms with Crippen molar-refractivity contribution in [1.82, 2.24) is 5.32 Å². The van der Waals surface area contributed by atoms with Gasteiger partial charge in [0.15, 0.2) is 0 Å². The highest BCUT2D eigenvalue weighted by Crippen LogP contribution is 2.32. The summed E-state index contributed by atoms with van der Waals surface area (Å²) in [7, 11) is 0. The molecule has 1 atom stereocenters. The van der Waals surface area contributed by atoms with Crippen LogP contribution in [0.2, 0.25) is 5.02 Å². The van der Waals surface area contributed by atoms with Gasteiger partial charge in [0, 0.05) is 10.5 Å². The second kappa shape index (κ2) is 7.83. The van der Waals surface area contributed by atoms with Crippen molar-refractivity contribution in [2.45, 2.75) is 26.3 Å². The Hall–Kier alpha value is -1.03. The number of benzene rings is 2. The molecule has 0 spiro atoms. The van der Waals surface area contributed by atoms with Crippen molar-refractivity contribution in [3.8, 4) is 11.5 Å². The quantitative estimate of drug-likeness (QED) is 0.679. The standard InChI is InChI=1S/C17H19BrClNO/c1-3-9-20-12(2)13-5-4-6-15(10-13)21-17-8-7-14(18)11-16(17)19/h4-8,10-12,20H,3,9H2,1-2H3. The molecule has 0 aliphatic rings. The lowest BCUT2D eigenvalue weighted by Crippen LogP contribution is -2.19. The fraction of sp³-hybridized carbons (Fsp3) is 0.294. The molecule has 0 aliphatic carbocycles. The van der Waals surface area contributed by atoms with Gasteiger partial charge in [-0.05, 0) is 55.8 Å². The van der Waals surface area contributed by atoms with Crippen LogP contribution in [0.25, 0.3) is 0 Å². The van der Waals surface area contributed by atoms with Gasteiger partial charge in [-0.2, -0.15) is 0 Å². The zero-order chi connectivity index (χ0) is 15.2. The lowest BCUT2D eigenvalue weighted by atomic mass is 10.1. The Bertz CT molecular complexity index is 603. The number of halogens is 2. The molecule has 2 nitrogen and oxygen atoms in total. The molecule has 2 rings (SSSR count).